The van der Waals surface area contributed by atoms with E-state index in [1.54, 1.807) is 42.8 Å². The fourth-order valence-electron chi connectivity index (χ4n) is 1.41. The SMILES string of the molecule is O=S(=O)(/C(F)=C/C1=C[CH]C=C1)c1ccccc1. The van der Waals surface area contributed by atoms with Crippen LogP contribution in [-0.2, 0) is 9.84 Å². The van der Waals surface area contributed by atoms with E-state index in [0.717, 1.165) is 6.08 Å². The third-order valence-corrected chi connectivity index (χ3v) is 3.80. The van der Waals surface area contributed by atoms with Crippen molar-refractivity contribution in [3.8, 4) is 0 Å². The highest BCUT2D eigenvalue weighted by atomic mass is 32.2. The lowest BCUT2D eigenvalue weighted by Crippen LogP contribution is -2.01. The molecule has 1 aliphatic carbocycles. The summed E-state index contributed by atoms with van der Waals surface area (Å²) in [6, 6.07) is 7.53. The first kappa shape index (κ1) is 11.8. The number of allylic oxidation sites excluding steroid dienone is 5. The largest absolute Gasteiger partial charge is 0.233 e. The molecular weight excluding hydrogens is 239 g/mol. The average molecular weight is 249 g/mol. The topological polar surface area (TPSA) is 34.1 Å². The zero-order valence-corrected chi connectivity index (χ0v) is 9.69. The van der Waals surface area contributed by atoms with Gasteiger partial charge in [-0.1, -0.05) is 36.4 Å². The maximum Gasteiger partial charge on any atom is 0.233 e. The Balaban J connectivity index is 2.37. The van der Waals surface area contributed by atoms with Crippen LogP contribution in [-0.4, -0.2) is 8.42 Å². The van der Waals surface area contributed by atoms with Gasteiger partial charge in [0, 0.05) is 6.42 Å². The van der Waals surface area contributed by atoms with Crippen molar-refractivity contribution in [1.29, 1.82) is 0 Å². The van der Waals surface area contributed by atoms with Gasteiger partial charge in [0.15, 0.2) is 0 Å². The third kappa shape index (κ3) is 2.53. The van der Waals surface area contributed by atoms with Gasteiger partial charge in [0.2, 0.25) is 15.0 Å². The van der Waals surface area contributed by atoms with Crippen LogP contribution in [0.3, 0.4) is 0 Å². The van der Waals surface area contributed by atoms with Crippen LogP contribution in [0.2, 0.25) is 0 Å². The second-order valence-electron chi connectivity index (χ2n) is 3.48. The maximum atomic E-state index is 13.7. The molecule has 0 heterocycles. The summed E-state index contributed by atoms with van der Waals surface area (Å²) in [5, 5.41) is -1.14. The number of hydrogen-bond donors (Lipinski definition) is 0. The van der Waals surface area contributed by atoms with Gasteiger partial charge in [-0.05, 0) is 23.8 Å². The molecule has 87 valence electrons. The molecule has 1 aromatic rings. The molecule has 0 bridgehead atoms. The van der Waals surface area contributed by atoms with E-state index in [-0.39, 0.29) is 4.90 Å². The van der Waals surface area contributed by atoms with Crippen LogP contribution in [0.4, 0.5) is 4.39 Å². The van der Waals surface area contributed by atoms with Gasteiger partial charge in [-0.2, -0.15) is 4.39 Å². The van der Waals surface area contributed by atoms with Crippen molar-refractivity contribution in [1.82, 2.24) is 0 Å². The number of rotatable bonds is 3. The van der Waals surface area contributed by atoms with Gasteiger partial charge in [0.25, 0.3) is 0 Å². The summed E-state index contributed by atoms with van der Waals surface area (Å²) in [7, 11) is -4.02. The minimum absolute atomic E-state index is 0.0414. The molecule has 0 saturated carbocycles. The maximum absolute atomic E-state index is 13.7. The smallest absolute Gasteiger partial charge is 0.216 e. The van der Waals surface area contributed by atoms with E-state index < -0.39 is 15.0 Å². The highest BCUT2D eigenvalue weighted by Crippen LogP contribution is 2.22. The van der Waals surface area contributed by atoms with Gasteiger partial charge in [-0.3, -0.25) is 0 Å². The second kappa shape index (κ2) is 4.67. The predicted molar refractivity (Wildman–Crippen MR) is 64.3 cm³/mol. The Morgan fingerprint density at radius 2 is 1.88 bits per heavy atom. The van der Waals surface area contributed by atoms with Crippen LogP contribution >= 0.6 is 0 Å². The van der Waals surface area contributed by atoms with E-state index in [1.165, 1.54) is 12.1 Å². The van der Waals surface area contributed by atoms with Crippen molar-refractivity contribution in [2.24, 2.45) is 0 Å². The number of sulfone groups is 1. The molecule has 0 fully saturated rings. The fourth-order valence-corrected chi connectivity index (χ4v) is 2.44. The Bertz CT molecular complexity index is 596. The van der Waals surface area contributed by atoms with Gasteiger partial charge >= 0.3 is 0 Å². The monoisotopic (exact) mass is 249 g/mol. The van der Waals surface area contributed by atoms with Gasteiger partial charge < -0.3 is 0 Å². The van der Waals surface area contributed by atoms with Crippen molar-refractivity contribution >= 4 is 9.84 Å². The lowest BCUT2D eigenvalue weighted by molar-refractivity contribution is 0.577. The van der Waals surface area contributed by atoms with E-state index in [2.05, 4.69) is 0 Å². The number of hydrogen-bond acceptors (Lipinski definition) is 2. The molecule has 17 heavy (non-hydrogen) atoms. The standard InChI is InChI=1S/C13H10FO2S/c14-13(10-11-6-4-5-7-11)17(15,16)12-8-2-1-3-9-12/h1-10H/b13-10+. The lowest BCUT2D eigenvalue weighted by Gasteiger charge is -2.01. The quantitative estimate of drug-likeness (QED) is 0.825. The summed E-state index contributed by atoms with van der Waals surface area (Å²) < 4.78 is 37.3. The molecule has 2 nitrogen and oxygen atoms in total. The highest BCUT2D eigenvalue weighted by Gasteiger charge is 2.20. The van der Waals surface area contributed by atoms with Crippen LogP contribution in [0.1, 0.15) is 0 Å². The molecule has 0 aromatic heterocycles. The van der Waals surface area contributed by atoms with E-state index in [9.17, 15) is 12.8 Å². The summed E-state index contributed by atoms with van der Waals surface area (Å²) >= 11 is 0. The van der Waals surface area contributed by atoms with E-state index in [1.807, 2.05) is 0 Å². The first-order valence-corrected chi connectivity index (χ1v) is 6.48. The average Bonchev–Trinajstić information content (AvgIpc) is 2.83. The summed E-state index contributed by atoms with van der Waals surface area (Å²) in [4.78, 5) is -0.0414. The van der Waals surface area contributed by atoms with E-state index in [4.69, 9.17) is 0 Å². The van der Waals surface area contributed by atoms with Crippen molar-refractivity contribution in [3.05, 3.63) is 71.8 Å². The van der Waals surface area contributed by atoms with Crippen LogP contribution in [0.5, 0.6) is 0 Å². The number of halogens is 1. The zero-order valence-electron chi connectivity index (χ0n) is 8.88. The summed E-state index contributed by atoms with van der Waals surface area (Å²) in [5.41, 5.74) is 0.530. The van der Waals surface area contributed by atoms with Gasteiger partial charge in [0.05, 0.1) is 4.90 Å². The summed E-state index contributed by atoms with van der Waals surface area (Å²) in [6.45, 7) is 0. The molecule has 1 aliphatic rings. The molecule has 0 amide bonds. The van der Waals surface area contributed by atoms with Crippen molar-refractivity contribution in [2.45, 2.75) is 4.90 Å². The molecule has 0 atom stereocenters. The van der Waals surface area contributed by atoms with Gasteiger partial charge in [0.1, 0.15) is 0 Å². The van der Waals surface area contributed by atoms with E-state index >= 15 is 0 Å². The second-order valence-corrected chi connectivity index (χ2v) is 5.35. The fraction of sp³-hybridized carbons (Fsp3) is 0. The third-order valence-electron chi connectivity index (χ3n) is 2.28. The Morgan fingerprint density at radius 1 is 1.18 bits per heavy atom. The minimum Gasteiger partial charge on any atom is -0.216 e. The molecule has 0 N–H and O–H groups in total. The first-order valence-electron chi connectivity index (χ1n) is 5.00. The van der Waals surface area contributed by atoms with E-state index in [0.29, 0.717) is 5.57 Å². The highest BCUT2D eigenvalue weighted by molar-refractivity contribution is 7.95. The Labute approximate surface area is 99.7 Å². The first-order chi connectivity index (χ1) is 8.10. The van der Waals surface area contributed by atoms with Gasteiger partial charge in [-0.25, -0.2) is 8.42 Å². The summed E-state index contributed by atoms with van der Waals surface area (Å²) in [5.74, 6) is 0. The molecule has 0 saturated heterocycles. The van der Waals surface area contributed by atoms with Crippen molar-refractivity contribution in [2.75, 3.05) is 0 Å². The molecular formula is C13H10FO2S. The zero-order chi connectivity index (χ0) is 12.3. The van der Waals surface area contributed by atoms with Crippen LogP contribution < -0.4 is 0 Å². The van der Waals surface area contributed by atoms with Crippen molar-refractivity contribution in [3.63, 3.8) is 0 Å². The molecule has 4 heteroatoms. The Kier molecular flexibility index (Phi) is 3.24. The summed E-state index contributed by atoms with van der Waals surface area (Å²) in [6.07, 6.45) is 7.73. The molecule has 0 spiro atoms. The van der Waals surface area contributed by atoms with Gasteiger partial charge in [-0.15, -0.1) is 0 Å². The molecule has 1 aromatic carbocycles. The Hall–Kier alpha value is -1.68. The van der Waals surface area contributed by atoms with Crippen molar-refractivity contribution < 1.29 is 12.8 Å². The van der Waals surface area contributed by atoms with Crippen LogP contribution in [0.25, 0.3) is 0 Å². The lowest BCUT2D eigenvalue weighted by atomic mass is 10.3. The van der Waals surface area contributed by atoms with Crippen LogP contribution in [0, 0.1) is 6.42 Å². The number of benzene rings is 1. The molecule has 0 unspecified atom stereocenters. The minimum atomic E-state index is -4.02. The molecule has 2 rings (SSSR count). The molecule has 1 radical (unpaired) electrons. The van der Waals surface area contributed by atoms with Crippen LogP contribution in [0.15, 0.2) is 70.3 Å². The normalized spacial score (nSPS) is 16.1. The Morgan fingerprint density at radius 3 is 2.47 bits per heavy atom. The predicted octanol–water partition coefficient (Wildman–Crippen LogP) is 2.97. The molecule has 0 aliphatic heterocycles.